The number of halogens is 6. The smallest absolute Gasteiger partial charge is 1.00 e. The standard InChI is InChI=1S/C16H22F3NO3.C16H20F3NO3.CH4O.B.Na.H/c2*1-10(2)14(21)8-15(22)20-11(3)12-5-4-6-13(7-12)23-9-16(17,18)19;1-2;;;/h4-7,10-11,14,21H,8-9H2,1-3H3,(H,20,22);4-7,10-11H,8-9H2,1-3H3,(H,20,22);2H,1H3;;;/q;;;;+1;-1/t11-,14?;11-;;;;/m00..../s1. The van der Waals surface area contributed by atoms with E-state index in [1.807, 2.05) is 13.8 Å². The molecule has 0 bridgehead atoms. The van der Waals surface area contributed by atoms with Gasteiger partial charge in [0.2, 0.25) is 11.8 Å². The molecule has 50 heavy (non-hydrogen) atoms. The number of nitrogens with one attached hydrogen (secondary N) is 2. The fourth-order valence-corrected chi connectivity index (χ4v) is 3.63. The normalized spacial score (nSPS) is 12.7. The summed E-state index contributed by atoms with van der Waals surface area (Å²) in [5.74, 6) is -1.01. The molecule has 0 aliphatic heterocycles. The Bertz CT molecular complexity index is 1290. The molecule has 0 aliphatic rings. The predicted molar refractivity (Wildman–Crippen MR) is 174 cm³/mol. The topological polar surface area (TPSA) is 134 Å². The number of ketones is 1. The first-order chi connectivity index (χ1) is 22.2. The van der Waals surface area contributed by atoms with Crippen LogP contribution in [0.5, 0.6) is 11.5 Å². The summed E-state index contributed by atoms with van der Waals surface area (Å²) in [4.78, 5) is 35.1. The van der Waals surface area contributed by atoms with E-state index < -0.39 is 49.7 Å². The van der Waals surface area contributed by atoms with Gasteiger partial charge in [-0.05, 0) is 55.2 Å². The van der Waals surface area contributed by atoms with Crippen molar-refractivity contribution >= 4 is 26.0 Å². The summed E-state index contributed by atoms with van der Waals surface area (Å²) in [7, 11) is 1.00. The van der Waals surface area contributed by atoms with Crippen molar-refractivity contribution in [3.8, 4) is 11.5 Å². The summed E-state index contributed by atoms with van der Waals surface area (Å²) in [5, 5.41) is 22.0. The average molecular weight is 732 g/mol. The second-order valence-corrected chi connectivity index (χ2v) is 11.3. The number of ether oxygens (including phenoxy) is 2. The van der Waals surface area contributed by atoms with Gasteiger partial charge in [0.15, 0.2) is 13.2 Å². The van der Waals surface area contributed by atoms with Crippen LogP contribution in [0.25, 0.3) is 0 Å². The number of alkyl halides is 6. The van der Waals surface area contributed by atoms with E-state index in [0.717, 1.165) is 7.11 Å². The number of aliphatic hydroxyl groups is 2. The van der Waals surface area contributed by atoms with Crippen LogP contribution in [-0.4, -0.2) is 75.0 Å². The van der Waals surface area contributed by atoms with Crippen molar-refractivity contribution in [2.45, 2.75) is 84.9 Å². The Hall–Kier alpha value is -2.79. The predicted octanol–water partition coefficient (Wildman–Crippen LogP) is 2.98. The number of rotatable bonds is 14. The van der Waals surface area contributed by atoms with Gasteiger partial charge in [-0.15, -0.1) is 0 Å². The van der Waals surface area contributed by atoms with Gasteiger partial charge in [0.05, 0.1) is 31.0 Å². The summed E-state index contributed by atoms with van der Waals surface area (Å²) in [5.41, 5.74) is 1.21. The SMILES string of the molecule is CC(C)C(=O)CC(=O)N[C@@H](C)c1cccc(OCC(F)(F)F)c1.CC(C)C(O)CC(=O)N[C@@H](C)c1cccc(OCC(F)(F)F)c1.CO.[B].[H-].[Na+]. The molecule has 0 saturated heterocycles. The van der Waals surface area contributed by atoms with Crippen LogP contribution in [-0.2, 0) is 14.4 Å². The molecule has 0 saturated carbocycles. The number of hydrogen-bond acceptors (Lipinski definition) is 7. The Balaban J connectivity index is -0.000000391. The average Bonchev–Trinajstić information content (AvgIpc) is 2.99. The van der Waals surface area contributed by atoms with Gasteiger partial charge in [0, 0.05) is 21.4 Å². The minimum absolute atomic E-state index is 0. The first kappa shape index (κ1) is 51.6. The maximum Gasteiger partial charge on any atom is 1.00 e. The third kappa shape index (κ3) is 23.6. The summed E-state index contributed by atoms with van der Waals surface area (Å²) in [6.07, 6.45) is -9.78. The van der Waals surface area contributed by atoms with Crippen LogP contribution in [0.4, 0.5) is 26.3 Å². The molecule has 0 fully saturated rings. The van der Waals surface area contributed by atoms with E-state index >= 15 is 0 Å². The van der Waals surface area contributed by atoms with Crippen molar-refractivity contribution in [1.82, 2.24) is 10.6 Å². The molecule has 2 amide bonds. The van der Waals surface area contributed by atoms with Gasteiger partial charge in [-0.3, -0.25) is 14.4 Å². The molecule has 0 aromatic heterocycles. The monoisotopic (exact) mass is 731 g/mol. The van der Waals surface area contributed by atoms with Crippen LogP contribution in [0.1, 0.15) is 79.0 Å². The fourth-order valence-electron chi connectivity index (χ4n) is 3.63. The summed E-state index contributed by atoms with van der Waals surface area (Å²) < 4.78 is 82.3. The first-order valence-electron chi connectivity index (χ1n) is 15.0. The van der Waals surface area contributed by atoms with Crippen LogP contribution in [0.15, 0.2) is 48.5 Å². The van der Waals surface area contributed by atoms with Crippen molar-refractivity contribution in [3.63, 3.8) is 0 Å². The molecule has 17 heteroatoms. The van der Waals surface area contributed by atoms with E-state index in [4.69, 9.17) is 5.11 Å². The summed E-state index contributed by atoms with van der Waals surface area (Å²) >= 11 is 0. The molecule has 3 atom stereocenters. The maximum atomic E-state index is 12.2. The van der Waals surface area contributed by atoms with E-state index in [1.54, 1.807) is 52.0 Å². The molecular formula is C33H47BF6N2NaO7. The molecule has 277 valence electrons. The third-order valence-electron chi connectivity index (χ3n) is 6.42. The molecule has 1 unspecified atom stereocenters. The second-order valence-electron chi connectivity index (χ2n) is 11.3. The van der Waals surface area contributed by atoms with Gasteiger partial charge < -0.3 is 31.7 Å². The van der Waals surface area contributed by atoms with Crippen LogP contribution < -0.4 is 49.7 Å². The third-order valence-corrected chi connectivity index (χ3v) is 6.42. The van der Waals surface area contributed by atoms with Crippen molar-refractivity contribution in [2.75, 3.05) is 20.3 Å². The van der Waals surface area contributed by atoms with E-state index in [1.165, 1.54) is 24.3 Å². The Morgan fingerprint density at radius 1 is 0.740 bits per heavy atom. The van der Waals surface area contributed by atoms with Gasteiger partial charge in [-0.1, -0.05) is 52.0 Å². The zero-order chi connectivity index (χ0) is 37.2. The molecule has 9 nitrogen and oxygen atoms in total. The minimum atomic E-state index is -4.41. The Morgan fingerprint density at radius 2 is 1.12 bits per heavy atom. The Morgan fingerprint density at radius 3 is 1.46 bits per heavy atom. The van der Waals surface area contributed by atoms with E-state index in [9.17, 15) is 45.8 Å². The second kappa shape index (κ2) is 25.2. The van der Waals surface area contributed by atoms with Crippen LogP contribution in [0.2, 0.25) is 0 Å². The largest absolute Gasteiger partial charge is 1.00 e. The summed E-state index contributed by atoms with van der Waals surface area (Å²) in [6, 6.07) is 11.3. The molecular weight excluding hydrogens is 684 g/mol. The van der Waals surface area contributed by atoms with Gasteiger partial charge in [0.25, 0.3) is 0 Å². The maximum absolute atomic E-state index is 12.2. The Kier molecular flexibility index (Phi) is 26.0. The number of Topliss-reactive ketones (excluding diaryl/α,β-unsaturated/α-hetero) is 1. The first-order valence-corrected chi connectivity index (χ1v) is 15.0. The minimum Gasteiger partial charge on any atom is -1.00 e. The number of hydrogen-bond donors (Lipinski definition) is 4. The van der Waals surface area contributed by atoms with Gasteiger partial charge in [-0.25, -0.2) is 0 Å². The quantitative estimate of drug-likeness (QED) is 0.134. The van der Waals surface area contributed by atoms with Crippen LogP contribution in [0.3, 0.4) is 0 Å². The molecule has 4 N–H and O–H groups in total. The molecule has 2 aromatic rings. The fraction of sp³-hybridized carbons (Fsp3) is 0.545. The van der Waals surface area contributed by atoms with Crippen LogP contribution >= 0.6 is 0 Å². The molecule has 0 spiro atoms. The molecule has 3 radical (unpaired) electrons. The molecule has 0 heterocycles. The van der Waals surface area contributed by atoms with Crippen molar-refractivity contribution < 1.29 is 91.4 Å². The molecule has 0 aliphatic carbocycles. The molecule has 2 rings (SSSR count). The van der Waals surface area contributed by atoms with Gasteiger partial charge in [0.1, 0.15) is 17.3 Å². The number of amides is 2. The number of aliphatic hydroxyl groups excluding tert-OH is 2. The van der Waals surface area contributed by atoms with E-state index in [2.05, 4.69) is 20.1 Å². The molecule has 2 aromatic carbocycles. The van der Waals surface area contributed by atoms with E-state index in [-0.39, 0.29) is 87.3 Å². The van der Waals surface area contributed by atoms with Crippen molar-refractivity contribution in [2.24, 2.45) is 11.8 Å². The van der Waals surface area contributed by atoms with Crippen molar-refractivity contribution in [3.05, 3.63) is 59.7 Å². The number of carbonyl (C=O) groups excluding carboxylic acids is 3. The van der Waals surface area contributed by atoms with E-state index in [0.29, 0.717) is 11.1 Å². The number of carbonyl (C=O) groups is 3. The zero-order valence-electron chi connectivity index (χ0n) is 30.6. The number of benzene rings is 2. The van der Waals surface area contributed by atoms with Crippen molar-refractivity contribution in [1.29, 1.82) is 0 Å². The summed E-state index contributed by atoms with van der Waals surface area (Å²) in [6.45, 7) is 7.69. The van der Waals surface area contributed by atoms with Gasteiger partial charge in [-0.2, -0.15) is 26.3 Å². The zero-order valence-corrected chi connectivity index (χ0v) is 31.6. The van der Waals surface area contributed by atoms with Gasteiger partial charge >= 0.3 is 41.9 Å². The Labute approximate surface area is 315 Å². The van der Waals surface area contributed by atoms with Crippen LogP contribution in [0, 0.1) is 11.8 Å².